The van der Waals surface area contributed by atoms with E-state index in [-0.39, 0.29) is 10.9 Å². The maximum Gasteiger partial charge on any atom is 0.134 e. The Morgan fingerprint density at radius 1 is 1.35 bits per heavy atom. The molecule has 0 bridgehead atoms. The SMILES string of the molecule is C[N+](C)(C)C1CNc2ccc(S(=O)(=O)[O-])cc21. The average Bonchev–Trinajstić information content (AvgIpc) is 2.57. The second-order valence-corrected chi connectivity index (χ2v) is 6.60. The van der Waals surface area contributed by atoms with Crippen molar-refractivity contribution < 1.29 is 17.5 Å². The maximum absolute atomic E-state index is 11.0. The first-order valence-corrected chi connectivity index (χ1v) is 6.75. The van der Waals surface area contributed by atoms with Crippen molar-refractivity contribution in [1.82, 2.24) is 0 Å². The molecule has 1 aliphatic heterocycles. The molecule has 0 amide bonds. The zero-order valence-electron chi connectivity index (χ0n) is 10.1. The molecular formula is C11H16N2O3S. The summed E-state index contributed by atoms with van der Waals surface area (Å²) in [4.78, 5) is -0.154. The van der Waals surface area contributed by atoms with Crippen molar-refractivity contribution in [2.75, 3.05) is 33.0 Å². The van der Waals surface area contributed by atoms with Crippen LogP contribution >= 0.6 is 0 Å². The van der Waals surface area contributed by atoms with Gasteiger partial charge in [-0.1, -0.05) is 0 Å². The molecule has 1 atom stereocenters. The lowest BCUT2D eigenvalue weighted by atomic mass is 10.1. The highest BCUT2D eigenvalue weighted by molar-refractivity contribution is 7.85. The van der Waals surface area contributed by atoms with Gasteiger partial charge in [-0.2, -0.15) is 0 Å². The van der Waals surface area contributed by atoms with Gasteiger partial charge in [0.05, 0.1) is 32.6 Å². The Balaban J connectivity index is 2.52. The molecule has 0 aliphatic carbocycles. The number of quaternary nitrogens is 1. The predicted octanol–water partition coefficient (Wildman–Crippen LogP) is 0.763. The van der Waals surface area contributed by atoms with Crippen LogP contribution in [0.4, 0.5) is 5.69 Å². The van der Waals surface area contributed by atoms with Gasteiger partial charge < -0.3 is 14.4 Å². The number of nitrogens with one attached hydrogen (secondary N) is 1. The summed E-state index contributed by atoms with van der Waals surface area (Å²) in [5.74, 6) is 0. The van der Waals surface area contributed by atoms with Crippen LogP contribution in [-0.2, 0) is 10.1 Å². The number of hydrogen-bond donors (Lipinski definition) is 1. The topological polar surface area (TPSA) is 69.2 Å². The zero-order chi connectivity index (χ0) is 12.8. The lowest BCUT2D eigenvalue weighted by Gasteiger charge is -2.31. The van der Waals surface area contributed by atoms with Crippen LogP contribution in [0.2, 0.25) is 0 Å². The lowest BCUT2D eigenvalue weighted by Crippen LogP contribution is -2.39. The Morgan fingerprint density at radius 2 is 2.00 bits per heavy atom. The Morgan fingerprint density at radius 3 is 2.53 bits per heavy atom. The second-order valence-electron chi connectivity index (χ2n) is 5.22. The van der Waals surface area contributed by atoms with Crippen molar-refractivity contribution in [3.8, 4) is 0 Å². The third-order valence-corrected chi connectivity index (χ3v) is 3.92. The van der Waals surface area contributed by atoms with E-state index in [9.17, 15) is 13.0 Å². The van der Waals surface area contributed by atoms with E-state index in [0.29, 0.717) is 4.48 Å². The molecule has 1 heterocycles. The molecular weight excluding hydrogens is 240 g/mol. The second kappa shape index (κ2) is 3.69. The van der Waals surface area contributed by atoms with Crippen LogP contribution in [-0.4, -0.2) is 45.1 Å². The van der Waals surface area contributed by atoms with Crippen LogP contribution in [0.5, 0.6) is 0 Å². The summed E-state index contributed by atoms with van der Waals surface area (Å²) < 4.78 is 33.7. The van der Waals surface area contributed by atoms with Gasteiger partial charge in [-0.25, -0.2) is 8.42 Å². The van der Waals surface area contributed by atoms with Crippen LogP contribution in [0.15, 0.2) is 23.1 Å². The van der Waals surface area contributed by atoms with Crippen molar-refractivity contribution in [2.45, 2.75) is 10.9 Å². The molecule has 1 N–H and O–H groups in total. The maximum atomic E-state index is 11.0. The Bertz CT molecular complexity index is 546. The van der Waals surface area contributed by atoms with E-state index in [2.05, 4.69) is 5.32 Å². The van der Waals surface area contributed by atoms with Crippen molar-refractivity contribution in [1.29, 1.82) is 0 Å². The highest BCUT2D eigenvalue weighted by Gasteiger charge is 2.33. The first-order chi connectivity index (χ1) is 7.69. The van der Waals surface area contributed by atoms with Crippen molar-refractivity contribution in [3.05, 3.63) is 23.8 Å². The first-order valence-electron chi connectivity index (χ1n) is 5.34. The molecule has 1 aromatic carbocycles. The number of likely N-dealkylation sites (N-methyl/N-ethyl adjacent to an activating group) is 1. The molecule has 2 rings (SSSR count). The molecule has 0 spiro atoms. The quantitative estimate of drug-likeness (QED) is 0.626. The van der Waals surface area contributed by atoms with Gasteiger partial charge in [0.25, 0.3) is 0 Å². The summed E-state index contributed by atoms with van der Waals surface area (Å²) >= 11 is 0. The molecule has 0 saturated carbocycles. The summed E-state index contributed by atoms with van der Waals surface area (Å²) in [5, 5.41) is 3.22. The highest BCUT2D eigenvalue weighted by Crippen LogP contribution is 2.36. The number of rotatable bonds is 2. The third kappa shape index (κ3) is 2.29. The van der Waals surface area contributed by atoms with E-state index >= 15 is 0 Å². The van der Waals surface area contributed by atoms with Gasteiger partial charge in [0.2, 0.25) is 0 Å². The van der Waals surface area contributed by atoms with Gasteiger partial charge >= 0.3 is 0 Å². The molecule has 94 valence electrons. The fourth-order valence-electron chi connectivity index (χ4n) is 2.14. The minimum absolute atomic E-state index is 0.154. The minimum Gasteiger partial charge on any atom is -0.744 e. The highest BCUT2D eigenvalue weighted by atomic mass is 32.2. The number of anilines is 1. The van der Waals surface area contributed by atoms with Gasteiger partial charge in [-0.3, -0.25) is 0 Å². The molecule has 0 aromatic heterocycles. The number of nitrogens with zero attached hydrogens (tertiary/aromatic N) is 1. The van der Waals surface area contributed by atoms with E-state index < -0.39 is 10.1 Å². The van der Waals surface area contributed by atoms with Crippen molar-refractivity contribution in [2.24, 2.45) is 0 Å². The van der Waals surface area contributed by atoms with Gasteiger partial charge in [-0.15, -0.1) is 0 Å². The molecule has 0 radical (unpaired) electrons. The van der Waals surface area contributed by atoms with Crippen molar-refractivity contribution in [3.63, 3.8) is 0 Å². The average molecular weight is 256 g/mol. The lowest BCUT2D eigenvalue weighted by molar-refractivity contribution is -0.899. The van der Waals surface area contributed by atoms with Crippen LogP contribution in [0.3, 0.4) is 0 Å². The van der Waals surface area contributed by atoms with E-state index in [1.807, 2.05) is 21.1 Å². The first kappa shape index (κ1) is 12.3. The van der Waals surface area contributed by atoms with E-state index in [4.69, 9.17) is 0 Å². The monoisotopic (exact) mass is 256 g/mol. The van der Waals surface area contributed by atoms with E-state index in [1.165, 1.54) is 12.1 Å². The molecule has 1 aliphatic rings. The smallest absolute Gasteiger partial charge is 0.134 e. The fourth-order valence-corrected chi connectivity index (χ4v) is 2.65. The molecule has 1 aromatic rings. The summed E-state index contributed by atoms with van der Waals surface area (Å²) in [5.41, 5.74) is 1.81. The third-order valence-electron chi connectivity index (χ3n) is 3.09. The largest absolute Gasteiger partial charge is 0.744 e. The standard InChI is InChI=1S/C11H16N2O3S/c1-13(2,3)11-7-12-10-5-4-8(6-9(10)11)17(14,15)16/h4-6,11-12H,7H2,1-3H3. The minimum atomic E-state index is -4.38. The summed E-state index contributed by atoms with van der Waals surface area (Å²) in [7, 11) is 1.75. The molecule has 1 unspecified atom stereocenters. The van der Waals surface area contributed by atoms with Gasteiger partial charge in [0, 0.05) is 11.3 Å². The van der Waals surface area contributed by atoms with E-state index in [0.717, 1.165) is 17.8 Å². The number of fused-ring (bicyclic) bond motifs is 1. The Hall–Kier alpha value is -1.11. The van der Waals surface area contributed by atoms with Gasteiger partial charge in [0.1, 0.15) is 16.2 Å². The molecule has 5 nitrogen and oxygen atoms in total. The summed E-state index contributed by atoms with van der Waals surface area (Å²) in [6, 6.07) is 4.67. The molecule has 17 heavy (non-hydrogen) atoms. The fraction of sp³-hybridized carbons (Fsp3) is 0.455. The van der Waals surface area contributed by atoms with Gasteiger partial charge in [-0.05, 0) is 18.2 Å². The summed E-state index contributed by atoms with van der Waals surface area (Å²) in [6.45, 7) is 0.751. The van der Waals surface area contributed by atoms with Crippen LogP contribution in [0.1, 0.15) is 11.6 Å². The van der Waals surface area contributed by atoms with E-state index in [1.54, 1.807) is 6.07 Å². The van der Waals surface area contributed by atoms with Gasteiger partial charge in [0.15, 0.2) is 0 Å². The number of hydrogen-bond acceptors (Lipinski definition) is 4. The Labute approximate surface area is 101 Å². The predicted molar refractivity (Wildman–Crippen MR) is 63.7 cm³/mol. The summed E-state index contributed by atoms with van der Waals surface area (Å²) in [6.07, 6.45) is 0. The Kier molecular flexibility index (Phi) is 2.68. The van der Waals surface area contributed by atoms with Crippen LogP contribution < -0.4 is 5.32 Å². The molecule has 0 saturated heterocycles. The number of benzene rings is 1. The van der Waals surface area contributed by atoms with Crippen molar-refractivity contribution >= 4 is 15.8 Å². The molecule has 6 heteroatoms. The van der Waals surface area contributed by atoms with Crippen LogP contribution in [0, 0.1) is 0 Å². The molecule has 0 fully saturated rings. The normalized spacial score (nSPS) is 19.9. The van der Waals surface area contributed by atoms with Crippen LogP contribution in [0.25, 0.3) is 0 Å². The zero-order valence-corrected chi connectivity index (χ0v) is 10.9.